The first kappa shape index (κ1) is 15.6. The lowest BCUT2D eigenvalue weighted by Crippen LogP contribution is -2.36. The molecule has 0 unspecified atom stereocenters. The summed E-state index contributed by atoms with van der Waals surface area (Å²) in [5, 5.41) is 14.8. The molecule has 0 fully saturated rings. The number of aromatic amines is 1. The molecule has 24 heavy (non-hydrogen) atoms. The van der Waals surface area contributed by atoms with E-state index in [1.807, 2.05) is 22.9 Å². The van der Waals surface area contributed by atoms with E-state index in [-0.39, 0.29) is 6.03 Å². The van der Waals surface area contributed by atoms with Crippen molar-refractivity contribution in [3.63, 3.8) is 0 Å². The number of hydrogen-bond donors (Lipinski definition) is 3. The fourth-order valence-electron chi connectivity index (χ4n) is 2.48. The van der Waals surface area contributed by atoms with Gasteiger partial charge in [0.05, 0.1) is 24.2 Å². The Morgan fingerprint density at radius 3 is 3.04 bits per heavy atom. The van der Waals surface area contributed by atoms with Crippen LogP contribution >= 0.6 is 0 Å². The molecule has 8 heteroatoms. The van der Waals surface area contributed by atoms with Gasteiger partial charge in [-0.05, 0) is 6.07 Å². The second kappa shape index (κ2) is 6.83. The van der Waals surface area contributed by atoms with Gasteiger partial charge in [-0.3, -0.25) is 0 Å². The summed E-state index contributed by atoms with van der Waals surface area (Å²) in [6, 6.07) is 3.64. The van der Waals surface area contributed by atoms with E-state index in [4.69, 9.17) is 5.26 Å². The van der Waals surface area contributed by atoms with Crippen molar-refractivity contribution in [2.24, 2.45) is 0 Å². The van der Waals surface area contributed by atoms with E-state index >= 15 is 0 Å². The van der Waals surface area contributed by atoms with E-state index in [1.165, 1.54) is 0 Å². The normalized spacial score (nSPS) is 10.6. The molecule has 0 atom stereocenters. The Kier molecular flexibility index (Phi) is 4.43. The maximum atomic E-state index is 11.5. The number of amides is 2. The van der Waals surface area contributed by atoms with Crippen LogP contribution in [-0.2, 0) is 0 Å². The van der Waals surface area contributed by atoms with Gasteiger partial charge in [-0.15, -0.1) is 0 Å². The number of hydrogen-bond acceptors (Lipinski definition) is 4. The molecule has 3 heterocycles. The van der Waals surface area contributed by atoms with E-state index in [2.05, 4.69) is 32.2 Å². The van der Waals surface area contributed by atoms with Gasteiger partial charge in [0, 0.05) is 36.8 Å². The molecule has 0 aliphatic carbocycles. The van der Waals surface area contributed by atoms with Crippen molar-refractivity contribution in [3.8, 4) is 6.07 Å². The monoisotopic (exact) mass is 323 g/mol. The number of pyridine rings is 1. The van der Waals surface area contributed by atoms with E-state index in [0.29, 0.717) is 25.9 Å². The topological polar surface area (TPSA) is 111 Å². The highest BCUT2D eigenvalue weighted by Gasteiger charge is 2.11. The first-order valence-corrected chi connectivity index (χ1v) is 7.56. The summed E-state index contributed by atoms with van der Waals surface area (Å²) in [7, 11) is 0. The van der Waals surface area contributed by atoms with Crippen LogP contribution in [0.15, 0.2) is 31.4 Å². The van der Waals surface area contributed by atoms with Crippen molar-refractivity contribution in [1.29, 1.82) is 5.26 Å². The largest absolute Gasteiger partial charge is 0.346 e. The molecular formula is C16H17N7O. The quantitative estimate of drug-likeness (QED) is 0.602. The van der Waals surface area contributed by atoms with Crippen molar-refractivity contribution in [2.45, 2.75) is 12.8 Å². The molecule has 3 N–H and O–H groups in total. The molecule has 0 aliphatic heterocycles. The minimum atomic E-state index is -0.286. The van der Waals surface area contributed by atoms with Crippen LogP contribution in [0.1, 0.15) is 12.8 Å². The molecule has 0 saturated heterocycles. The lowest BCUT2D eigenvalue weighted by Gasteiger charge is -2.10. The molecule has 3 aromatic rings. The van der Waals surface area contributed by atoms with Crippen LogP contribution in [0.5, 0.6) is 0 Å². The standard InChI is InChI=1S/C16H17N7O/c1-11(3-7-20-16(24)19-6-2-5-17)23-10-22-13-9-21-15-12(14(13)23)4-8-18-15/h4,8-10H,1-3,6-7H2,(H,18,21)(H2,19,20,24). The summed E-state index contributed by atoms with van der Waals surface area (Å²) in [6.45, 7) is 4.87. The second-order valence-electron chi connectivity index (χ2n) is 5.25. The van der Waals surface area contributed by atoms with Gasteiger partial charge in [0.15, 0.2) is 0 Å². The number of nitriles is 1. The van der Waals surface area contributed by atoms with E-state index < -0.39 is 0 Å². The van der Waals surface area contributed by atoms with Crippen molar-refractivity contribution < 1.29 is 4.79 Å². The van der Waals surface area contributed by atoms with E-state index in [0.717, 1.165) is 27.8 Å². The van der Waals surface area contributed by atoms with Crippen LogP contribution in [-0.4, -0.2) is 38.6 Å². The van der Waals surface area contributed by atoms with E-state index in [1.54, 1.807) is 12.5 Å². The van der Waals surface area contributed by atoms with Gasteiger partial charge in [0.2, 0.25) is 0 Å². The number of carbonyl (C=O) groups excluding carboxylic acids is 1. The number of fused-ring (bicyclic) bond motifs is 3. The summed E-state index contributed by atoms with van der Waals surface area (Å²) < 4.78 is 1.92. The molecule has 2 amide bonds. The molecule has 0 aliphatic rings. The second-order valence-corrected chi connectivity index (χ2v) is 5.25. The van der Waals surface area contributed by atoms with Gasteiger partial charge in [-0.25, -0.2) is 14.8 Å². The minimum Gasteiger partial charge on any atom is -0.346 e. The maximum absolute atomic E-state index is 11.5. The maximum Gasteiger partial charge on any atom is 0.314 e. The molecule has 0 saturated carbocycles. The number of urea groups is 1. The zero-order chi connectivity index (χ0) is 16.9. The Morgan fingerprint density at radius 1 is 1.38 bits per heavy atom. The summed E-state index contributed by atoms with van der Waals surface area (Å²) in [6.07, 6.45) is 6.14. The predicted octanol–water partition coefficient (Wildman–Crippen LogP) is 1.99. The van der Waals surface area contributed by atoms with E-state index in [9.17, 15) is 4.79 Å². The highest BCUT2D eigenvalue weighted by Crippen LogP contribution is 2.24. The molecule has 0 spiro atoms. The van der Waals surface area contributed by atoms with Crippen LogP contribution in [0.2, 0.25) is 0 Å². The summed E-state index contributed by atoms with van der Waals surface area (Å²) in [4.78, 5) is 23.3. The molecule has 0 aromatic carbocycles. The summed E-state index contributed by atoms with van der Waals surface area (Å²) in [5.41, 5.74) is 3.37. The van der Waals surface area contributed by atoms with Crippen LogP contribution < -0.4 is 10.6 Å². The molecular weight excluding hydrogens is 306 g/mol. The molecule has 122 valence electrons. The minimum absolute atomic E-state index is 0.286. The fourth-order valence-corrected chi connectivity index (χ4v) is 2.48. The van der Waals surface area contributed by atoms with Gasteiger partial charge in [0.1, 0.15) is 17.5 Å². The number of nitrogens with zero attached hydrogens (tertiary/aromatic N) is 4. The summed E-state index contributed by atoms with van der Waals surface area (Å²) in [5.74, 6) is 0. The van der Waals surface area contributed by atoms with Crippen LogP contribution in [0.4, 0.5) is 4.79 Å². The van der Waals surface area contributed by atoms with Gasteiger partial charge in [-0.2, -0.15) is 5.26 Å². The zero-order valence-electron chi connectivity index (χ0n) is 13.0. The number of H-pyrrole nitrogens is 1. The molecule has 3 aromatic heterocycles. The highest BCUT2D eigenvalue weighted by molar-refractivity contribution is 6.02. The number of rotatable bonds is 6. The number of carbonyl (C=O) groups is 1. The first-order valence-electron chi connectivity index (χ1n) is 7.56. The predicted molar refractivity (Wildman–Crippen MR) is 91.0 cm³/mol. The molecule has 0 radical (unpaired) electrons. The SMILES string of the molecule is C=C(CCNC(=O)NCCC#N)n1cnc2cnc3[nH]ccc3c21. The Labute approximate surface area is 138 Å². The van der Waals surface area contributed by atoms with Crippen LogP contribution in [0, 0.1) is 11.3 Å². The lowest BCUT2D eigenvalue weighted by atomic mass is 10.2. The Hall–Kier alpha value is -3.34. The third kappa shape index (κ3) is 3.05. The highest BCUT2D eigenvalue weighted by atomic mass is 16.2. The first-order chi connectivity index (χ1) is 11.7. The van der Waals surface area contributed by atoms with Crippen molar-refractivity contribution in [2.75, 3.05) is 13.1 Å². The van der Waals surface area contributed by atoms with Crippen molar-refractivity contribution in [1.82, 2.24) is 30.2 Å². The Morgan fingerprint density at radius 2 is 2.21 bits per heavy atom. The number of aromatic nitrogens is 4. The van der Waals surface area contributed by atoms with Crippen LogP contribution in [0.25, 0.3) is 27.8 Å². The van der Waals surface area contributed by atoms with Gasteiger partial charge < -0.3 is 20.2 Å². The molecule has 8 nitrogen and oxygen atoms in total. The third-order valence-electron chi connectivity index (χ3n) is 3.65. The lowest BCUT2D eigenvalue weighted by molar-refractivity contribution is 0.241. The van der Waals surface area contributed by atoms with Gasteiger partial charge in [-0.1, -0.05) is 6.58 Å². The molecule has 3 rings (SSSR count). The Bertz CT molecular complexity index is 931. The summed E-state index contributed by atoms with van der Waals surface area (Å²) >= 11 is 0. The fraction of sp³-hybridized carbons (Fsp3) is 0.250. The Balaban J connectivity index is 1.66. The average molecular weight is 323 g/mol. The number of imidazole rings is 1. The molecule has 0 bridgehead atoms. The third-order valence-corrected chi connectivity index (χ3v) is 3.65. The van der Waals surface area contributed by atoms with Gasteiger partial charge >= 0.3 is 6.03 Å². The smallest absolute Gasteiger partial charge is 0.314 e. The average Bonchev–Trinajstić information content (AvgIpc) is 3.20. The van der Waals surface area contributed by atoms with Crippen molar-refractivity contribution in [3.05, 3.63) is 31.4 Å². The number of nitrogens with one attached hydrogen (secondary N) is 3. The zero-order valence-corrected chi connectivity index (χ0v) is 13.0. The van der Waals surface area contributed by atoms with Crippen LogP contribution in [0.3, 0.4) is 0 Å². The van der Waals surface area contributed by atoms with Gasteiger partial charge in [0.25, 0.3) is 0 Å². The van der Waals surface area contributed by atoms with Crippen molar-refractivity contribution >= 4 is 33.8 Å².